The fourth-order valence-corrected chi connectivity index (χ4v) is 1.70. The highest BCUT2D eigenvalue weighted by molar-refractivity contribution is 9.10. The lowest BCUT2D eigenvalue weighted by Gasteiger charge is -2.01. The molecule has 0 bridgehead atoms. The highest BCUT2D eigenvalue weighted by Gasteiger charge is 2.11. The zero-order valence-electron chi connectivity index (χ0n) is 9.93. The summed E-state index contributed by atoms with van der Waals surface area (Å²) in [5.74, 6) is -1.07. The van der Waals surface area contributed by atoms with Crippen LogP contribution in [-0.2, 0) is 0 Å². The van der Waals surface area contributed by atoms with Gasteiger partial charge in [-0.3, -0.25) is 4.79 Å². The molecular formula is C13H7BrFN3O2. The van der Waals surface area contributed by atoms with Crippen molar-refractivity contribution >= 4 is 28.1 Å². The van der Waals surface area contributed by atoms with Crippen molar-refractivity contribution in [3.63, 3.8) is 0 Å². The number of nitriles is 1. The first-order valence-electron chi connectivity index (χ1n) is 5.38. The van der Waals surface area contributed by atoms with Crippen LogP contribution in [0.3, 0.4) is 0 Å². The van der Waals surface area contributed by atoms with E-state index in [1.54, 1.807) is 18.2 Å². The molecule has 0 spiro atoms. The van der Waals surface area contributed by atoms with Crippen LogP contribution in [0.25, 0.3) is 0 Å². The number of amides is 1. The molecule has 0 saturated carbocycles. The van der Waals surface area contributed by atoms with E-state index in [4.69, 9.17) is 9.68 Å². The van der Waals surface area contributed by atoms with E-state index in [1.807, 2.05) is 0 Å². The second kappa shape index (κ2) is 6.12. The number of carbonyl (C=O) groups is 1. The zero-order valence-corrected chi connectivity index (χ0v) is 11.5. The van der Waals surface area contributed by atoms with Gasteiger partial charge < -0.3 is 4.42 Å². The average Bonchev–Trinajstić information content (AvgIpc) is 2.84. The minimum atomic E-state index is -0.780. The maximum atomic E-state index is 13.6. The van der Waals surface area contributed by atoms with Crippen molar-refractivity contribution in [1.29, 1.82) is 5.26 Å². The van der Waals surface area contributed by atoms with Crippen molar-refractivity contribution in [2.24, 2.45) is 5.10 Å². The van der Waals surface area contributed by atoms with Crippen LogP contribution in [0, 0.1) is 17.1 Å². The molecule has 2 rings (SSSR count). The lowest BCUT2D eigenvalue weighted by molar-refractivity contribution is 0.0951. The Morgan fingerprint density at radius 1 is 1.45 bits per heavy atom. The Hall–Kier alpha value is -2.46. The molecule has 100 valence electrons. The van der Waals surface area contributed by atoms with Crippen molar-refractivity contribution in [3.05, 3.63) is 57.7 Å². The Kier molecular flexibility index (Phi) is 4.27. The van der Waals surface area contributed by atoms with Crippen molar-refractivity contribution < 1.29 is 13.6 Å². The number of benzene rings is 1. The normalized spacial score (nSPS) is 10.4. The zero-order chi connectivity index (χ0) is 14.5. The number of nitrogens with zero attached hydrogens (tertiary/aromatic N) is 2. The largest absolute Gasteiger partial charge is 0.448 e. The molecule has 0 aliphatic rings. The van der Waals surface area contributed by atoms with Crippen LogP contribution in [0.15, 0.2) is 44.5 Å². The molecule has 20 heavy (non-hydrogen) atoms. The summed E-state index contributed by atoms with van der Waals surface area (Å²) < 4.78 is 19.2. The van der Waals surface area contributed by atoms with E-state index in [9.17, 15) is 9.18 Å². The number of halogens is 2. The summed E-state index contributed by atoms with van der Waals surface area (Å²) in [4.78, 5) is 11.7. The van der Waals surface area contributed by atoms with Gasteiger partial charge in [-0.25, -0.2) is 9.82 Å². The van der Waals surface area contributed by atoms with Crippen molar-refractivity contribution in [3.8, 4) is 6.07 Å². The van der Waals surface area contributed by atoms with Gasteiger partial charge in [0.2, 0.25) is 0 Å². The van der Waals surface area contributed by atoms with E-state index >= 15 is 0 Å². The first-order valence-corrected chi connectivity index (χ1v) is 6.18. The van der Waals surface area contributed by atoms with Gasteiger partial charge in [-0.15, -0.1) is 0 Å². The maximum Gasteiger partial charge on any atom is 0.274 e. The molecule has 7 heteroatoms. The molecular weight excluding hydrogens is 329 g/mol. The molecule has 0 aliphatic carbocycles. The molecule has 1 aromatic heterocycles. The Bertz CT molecular complexity index is 719. The van der Waals surface area contributed by atoms with Crippen molar-refractivity contribution in [2.45, 2.75) is 0 Å². The topological polar surface area (TPSA) is 78.4 Å². The van der Waals surface area contributed by atoms with Crippen LogP contribution in [0.4, 0.5) is 4.39 Å². The summed E-state index contributed by atoms with van der Waals surface area (Å²) in [5, 5.41) is 12.3. The third-order valence-electron chi connectivity index (χ3n) is 2.29. The third kappa shape index (κ3) is 3.30. The second-order valence-electron chi connectivity index (χ2n) is 3.65. The monoisotopic (exact) mass is 335 g/mol. The summed E-state index contributed by atoms with van der Waals surface area (Å²) in [7, 11) is 0. The SMILES string of the molecule is N#Cc1ccc(C(=O)N/N=C\c2ccc(Br)o2)c(F)c1. The molecule has 0 unspecified atom stereocenters. The van der Waals surface area contributed by atoms with Crippen molar-refractivity contribution in [1.82, 2.24) is 5.43 Å². The van der Waals surface area contributed by atoms with Gasteiger partial charge in [0.25, 0.3) is 5.91 Å². The third-order valence-corrected chi connectivity index (χ3v) is 2.72. The fraction of sp³-hybridized carbons (Fsp3) is 0. The van der Waals surface area contributed by atoms with Crippen LogP contribution in [-0.4, -0.2) is 12.1 Å². The molecule has 0 saturated heterocycles. The summed E-state index contributed by atoms with van der Waals surface area (Å²) in [6, 6.07) is 8.66. The van der Waals surface area contributed by atoms with E-state index in [0.29, 0.717) is 10.4 Å². The highest BCUT2D eigenvalue weighted by atomic mass is 79.9. The first kappa shape index (κ1) is 14.0. The molecule has 0 radical (unpaired) electrons. The van der Waals surface area contributed by atoms with Crippen LogP contribution in [0.1, 0.15) is 21.7 Å². The summed E-state index contributed by atoms with van der Waals surface area (Å²) in [5.41, 5.74) is 2.12. The Morgan fingerprint density at radius 2 is 2.25 bits per heavy atom. The van der Waals surface area contributed by atoms with E-state index in [0.717, 1.165) is 6.07 Å². The summed E-state index contributed by atoms with van der Waals surface area (Å²) in [6.07, 6.45) is 1.28. The number of hydrogen-bond donors (Lipinski definition) is 1. The fourth-order valence-electron chi connectivity index (χ4n) is 1.38. The number of rotatable bonds is 3. The molecule has 0 aliphatic heterocycles. The number of furan rings is 1. The van der Waals surface area contributed by atoms with E-state index in [2.05, 4.69) is 26.5 Å². The Labute approximate surface area is 121 Å². The molecule has 0 fully saturated rings. The highest BCUT2D eigenvalue weighted by Crippen LogP contribution is 2.12. The quantitative estimate of drug-likeness (QED) is 0.691. The molecule has 1 aromatic carbocycles. The maximum absolute atomic E-state index is 13.6. The minimum absolute atomic E-state index is 0.142. The Morgan fingerprint density at radius 3 is 2.85 bits per heavy atom. The predicted octanol–water partition coefficient (Wildman–Crippen LogP) is 2.82. The number of carbonyl (C=O) groups excluding carboxylic acids is 1. The minimum Gasteiger partial charge on any atom is -0.448 e. The number of hydrazone groups is 1. The van der Waals surface area contributed by atoms with E-state index in [1.165, 1.54) is 18.3 Å². The van der Waals surface area contributed by atoms with E-state index < -0.39 is 11.7 Å². The van der Waals surface area contributed by atoms with Crippen LogP contribution < -0.4 is 5.43 Å². The van der Waals surface area contributed by atoms with Crippen LogP contribution >= 0.6 is 15.9 Å². The molecule has 2 aromatic rings. The van der Waals surface area contributed by atoms with Gasteiger partial charge in [0.1, 0.15) is 11.6 Å². The van der Waals surface area contributed by atoms with Gasteiger partial charge in [0.05, 0.1) is 23.4 Å². The van der Waals surface area contributed by atoms with Gasteiger partial charge in [-0.05, 0) is 46.3 Å². The van der Waals surface area contributed by atoms with Crippen LogP contribution in [0.2, 0.25) is 0 Å². The smallest absolute Gasteiger partial charge is 0.274 e. The van der Waals surface area contributed by atoms with Gasteiger partial charge in [0.15, 0.2) is 4.67 Å². The second-order valence-corrected chi connectivity index (χ2v) is 4.43. The molecule has 1 N–H and O–H groups in total. The average molecular weight is 336 g/mol. The molecule has 0 atom stereocenters. The van der Waals surface area contributed by atoms with Gasteiger partial charge in [-0.2, -0.15) is 10.4 Å². The first-order chi connectivity index (χ1) is 9.60. The number of nitrogens with one attached hydrogen (secondary N) is 1. The van der Waals surface area contributed by atoms with Crippen LogP contribution in [0.5, 0.6) is 0 Å². The predicted molar refractivity (Wildman–Crippen MR) is 72.6 cm³/mol. The lowest BCUT2D eigenvalue weighted by atomic mass is 10.1. The molecule has 1 amide bonds. The van der Waals surface area contributed by atoms with E-state index in [-0.39, 0.29) is 11.1 Å². The van der Waals surface area contributed by atoms with Crippen molar-refractivity contribution in [2.75, 3.05) is 0 Å². The number of hydrogen-bond acceptors (Lipinski definition) is 4. The Balaban J connectivity index is 2.05. The molecule has 5 nitrogen and oxygen atoms in total. The van der Waals surface area contributed by atoms with Gasteiger partial charge in [0, 0.05) is 0 Å². The summed E-state index contributed by atoms with van der Waals surface area (Å²) >= 11 is 3.12. The van der Waals surface area contributed by atoms with Gasteiger partial charge in [-0.1, -0.05) is 0 Å². The van der Waals surface area contributed by atoms with Gasteiger partial charge >= 0.3 is 0 Å². The standard InChI is InChI=1S/C13H7BrFN3O2/c14-12-4-2-9(20-12)7-17-18-13(19)10-3-1-8(6-16)5-11(10)15/h1-5,7H,(H,18,19)/b17-7-. The lowest BCUT2D eigenvalue weighted by Crippen LogP contribution is -2.19. The molecule has 1 heterocycles. The summed E-state index contributed by atoms with van der Waals surface area (Å²) in [6.45, 7) is 0.